The number of carboxylic acids is 1. The average Bonchev–Trinajstić information content (AvgIpc) is 3.32. The van der Waals surface area contributed by atoms with Gasteiger partial charge in [-0.1, -0.05) is 67.8 Å². The van der Waals surface area contributed by atoms with Gasteiger partial charge in [-0.05, 0) is 67.1 Å². The first-order valence-electron chi connectivity index (χ1n) is 13.6. The predicted molar refractivity (Wildman–Crippen MR) is 168 cm³/mol. The van der Waals surface area contributed by atoms with Gasteiger partial charge < -0.3 is 19.2 Å². The van der Waals surface area contributed by atoms with Crippen molar-refractivity contribution in [2.75, 3.05) is 12.0 Å². The molecule has 1 N–H and O–H groups in total. The number of aliphatic carboxylic acids is 1. The van der Waals surface area contributed by atoms with Crippen molar-refractivity contribution < 1.29 is 23.8 Å². The molecule has 0 radical (unpaired) electrons. The number of esters is 1. The first-order chi connectivity index (χ1) is 20.9. The van der Waals surface area contributed by atoms with Crippen LogP contribution in [-0.2, 0) is 20.9 Å². The van der Waals surface area contributed by atoms with Gasteiger partial charge in [-0.25, -0.2) is 4.79 Å². The smallest absolute Gasteiger partial charge is 0.340 e. The van der Waals surface area contributed by atoms with Crippen LogP contribution in [0.1, 0.15) is 18.9 Å². The first-order valence-corrected chi connectivity index (χ1v) is 13.6. The maximum absolute atomic E-state index is 12.5. The van der Waals surface area contributed by atoms with E-state index in [1.54, 1.807) is 4.57 Å². The van der Waals surface area contributed by atoms with Crippen LogP contribution in [0.4, 0.5) is 17.1 Å². The molecule has 1 heterocycles. The number of oxazole rings is 1. The van der Waals surface area contributed by atoms with Crippen LogP contribution < -0.4 is 21.3 Å². The molecule has 1 aromatic heterocycles. The summed E-state index contributed by atoms with van der Waals surface area (Å²) in [4.78, 5) is 30.1. The SMILES string of the molecule is C=C/C(N=c1o/c(=C/c2ccc(N(c3ccccc3)c3ccccc3)cc2)c(=C)n1CC)=C(\C=C/CC(=O)O)C(=O)OC. The van der Waals surface area contributed by atoms with E-state index in [2.05, 4.69) is 47.3 Å². The van der Waals surface area contributed by atoms with Crippen LogP contribution in [0.3, 0.4) is 0 Å². The summed E-state index contributed by atoms with van der Waals surface area (Å²) in [6.45, 7) is 10.4. The van der Waals surface area contributed by atoms with Crippen LogP contribution in [0.2, 0.25) is 0 Å². The number of benzene rings is 3. The Morgan fingerprint density at radius 3 is 2.07 bits per heavy atom. The van der Waals surface area contributed by atoms with Crippen LogP contribution >= 0.6 is 0 Å². The predicted octanol–water partition coefficient (Wildman–Crippen LogP) is 5.35. The molecular formula is C35H33N3O5. The topological polar surface area (TPSA) is 97.3 Å². The maximum Gasteiger partial charge on any atom is 0.340 e. The molecular weight excluding hydrogens is 542 g/mol. The van der Waals surface area contributed by atoms with Crippen LogP contribution in [0.15, 0.2) is 130 Å². The van der Waals surface area contributed by atoms with Gasteiger partial charge >= 0.3 is 17.6 Å². The number of carbonyl (C=O) groups is 2. The minimum absolute atomic E-state index is 0.0471. The van der Waals surface area contributed by atoms with Gasteiger partial charge in [0.25, 0.3) is 0 Å². The lowest BCUT2D eigenvalue weighted by atomic mass is 10.1. The number of carboxylic acid groups (broad SMARTS) is 1. The van der Waals surface area contributed by atoms with E-state index in [0.29, 0.717) is 17.3 Å². The molecule has 0 aliphatic carbocycles. The number of methoxy groups -OCH3 is 1. The Morgan fingerprint density at radius 1 is 0.977 bits per heavy atom. The van der Waals surface area contributed by atoms with Gasteiger partial charge in [0.1, 0.15) is 0 Å². The molecule has 0 saturated heterocycles. The van der Waals surface area contributed by atoms with E-state index in [1.165, 1.54) is 25.3 Å². The van der Waals surface area contributed by atoms with E-state index in [-0.39, 0.29) is 23.4 Å². The van der Waals surface area contributed by atoms with Gasteiger partial charge in [0.05, 0.1) is 30.1 Å². The Labute approximate surface area is 249 Å². The number of nitrogens with zero attached hydrogens (tertiary/aromatic N) is 3. The third-order valence-corrected chi connectivity index (χ3v) is 6.50. The summed E-state index contributed by atoms with van der Waals surface area (Å²) >= 11 is 0. The molecule has 218 valence electrons. The van der Waals surface area contributed by atoms with E-state index in [1.807, 2.05) is 73.7 Å². The number of hydrogen-bond acceptors (Lipinski definition) is 6. The summed E-state index contributed by atoms with van der Waals surface area (Å²) in [5, 5.41) is 9.57. The van der Waals surface area contributed by atoms with Gasteiger partial charge in [-0.15, -0.1) is 0 Å². The second kappa shape index (κ2) is 14.3. The molecule has 0 amide bonds. The van der Waals surface area contributed by atoms with Gasteiger partial charge in [-0.2, -0.15) is 4.99 Å². The highest BCUT2D eigenvalue weighted by molar-refractivity contribution is 5.93. The zero-order valence-corrected chi connectivity index (χ0v) is 24.1. The van der Waals surface area contributed by atoms with Crippen molar-refractivity contribution in [2.45, 2.75) is 19.9 Å². The van der Waals surface area contributed by atoms with Crippen molar-refractivity contribution in [3.8, 4) is 0 Å². The largest absolute Gasteiger partial charge is 0.481 e. The molecule has 0 spiro atoms. The fourth-order valence-corrected chi connectivity index (χ4v) is 4.42. The molecule has 0 unspecified atom stereocenters. The van der Waals surface area contributed by atoms with E-state index in [9.17, 15) is 9.59 Å². The van der Waals surface area contributed by atoms with Crippen LogP contribution in [0, 0.1) is 0 Å². The summed E-state index contributed by atoms with van der Waals surface area (Å²) in [6.07, 6.45) is 5.69. The summed E-state index contributed by atoms with van der Waals surface area (Å²) in [6, 6.07) is 28.4. The number of anilines is 3. The quantitative estimate of drug-likeness (QED) is 0.147. The third kappa shape index (κ3) is 7.37. The van der Waals surface area contributed by atoms with Gasteiger partial charge in [0, 0.05) is 23.6 Å². The molecule has 0 saturated carbocycles. The molecule has 0 aliphatic heterocycles. The number of allylic oxidation sites excluding steroid dienone is 1. The van der Waals surface area contributed by atoms with E-state index < -0.39 is 11.9 Å². The van der Waals surface area contributed by atoms with E-state index in [0.717, 1.165) is 22.6 Å². The van der Waals surface area contributed by atoms with Crippen molar-refractivity contribution >= 4 is 41.7 Å². The molecule has 0 bridgehead atoms. The average molecular weight is 576 g/mol. The highest BCUT2D eigenvalue weighted by Gasteiger charge is 2.14. The summed E-state index contributed by atoms with van der Waals surface area (Å²) in [5.41, 5.74) is 4.90. The van der Waals surface area contributed by atoms with Crippen molar-refractivity contribution in [3.63, 3.8) is 0 Å². The monoisotopic (exact) mass is 575 g/mol. The Balaban J connectivity index is 1.77. The minimum atomic E-state index is -1.03. The number of ether oxygens (including phenoxy) is 1. The number of aromatic nitrogens is 1. The molecule has 0 atom stereocenters. The Morgan fingerprint density at radius 2 is 1.56 bits per heavy atom. The molecule has 4 aromatic rings. The molecule has 4 rings (SSSR count). The Kier molecular flexibility index (Phi) is 10.1. The molecule has 8 nitrogen and oxygen atoms in total. The van der Waals surface area contributed by atoms with E-state index in [4.69, 9.17) is 14.3 Å². The Bertz CT molecular complexity index is 1790. The molecule has 8 heteroatoms. The zero-order valence-electron chi connectivity index (χ0n) is 24.1. The number of carbonyl (C=O) groups excluding carboxylic acids is 1. The zero-order chi connectivity index (χ0) is 30.8. The van der Waals surface area contributed by atoms with Crippen molar-refractivity contribution in [3.05, 3.63) is 143 Å². The lowest BCUT2D eigenvalue weighted by Gasteiger charge is -2.25. The summed E-state index contributed by atoms with van der Waals surface area (Å²) < 4.78 is 12.8. The van der Waals surface area contributed by atoms with Gasteiger partial charge in [0.2, 0.25) is 0 Å². The highest BCUT2D eigenvalue weighted by Crippen LogP contribution is 2.34. The highest BCUT2D eigenvalue weighted by atomic mass is 16.5. The summed E-state index contributed by atoms with van der Waals surface area (Å²) in [5.74, 6) is -1.72. The first kappa shape index (κ1) is 30.3. The van der Waals surface area contributed by atoms with Crippen molar-refractivity contribution in [1.29, 1.82) is 0 Å². The number of rotatable bonds is 11. The van der Waals surface area contributed by atoms with Crippen LogP contribution in [-0.4, -0.2) is 28.7 Å². The van der Waals surface area contributed by atoms with Crippen molar-refractivity contribution in [1.82, 2.24) is 4.57 Å². The Hall–Kier alpha value is -5.63. The fourth-order valence-electron chi connectivity index (χ4n) is 4.42. The standard InChI is InChI=1S/C35H33N3O5/c1-5-31(30(34(41)42-4)18-13-19-33(39)40)36-35-37(6-2)25(3)32(43-35)24-26-20-22-29(23-21-26)38(27-14-9-7-10-15-27)28-16-11-8-12-17-28/h5,7-18,20-24H,1,3,6,19H2,2,4H3,(H,39,40)/b18-13-,31-30-,32-24+,36-35?. The second-order valence-electron chi connectivity index (χ2n) is 9.29. The van der Waals surface area contributed by atoms with Gasteiger partial charge in [-0.3, -0.25) is 9.36 Å². The lowest BCUT2D eigenvalue weighted by Crippen LogP contribution is -2.30. The normalized spacial score (nSPS) is 12.7. The van der Waals surface area contributed by atoms with Crippen LogP contribution in [0.25, 0.3) is 12.7 Å². The number of hydrogen-bond donors (Lipinski definition) is 1. The molecule has 3 aromatic carbocycles. The maximum atomic E-state index is 12.5. The lowest BCUT2D eigenvalue weighted by molar-refractivity contribution is -0.137. The minimum Gasteiger partial charge on any atom is -0.481 e. The fraction of sp³-hybridized carbons (Fsp3) is 0.114. The van der Waals surface area contributed by atoms with Crippen molar-refractivity contribution in [2.24, 2.45) is 4.99 Å². The third-order valence-electron chi connectivity index (χ3n) is 6.50. The van der Waals surface area contributed by atoms with E-state index >= 15 is 0 Å². The second-order valence-corrected chi connectivity index (χ2v) is 9.29. The number of para-hydroxylation sites is 2. The molecule has 43 heavy (non-hydrogen) atoms. The van der Waals surface area contributed by atoms with Gasteiger partial charge in [0.15, 0.2) is 5.42 Å². The summed E-state index contributed by atoms with van der Waals surface area (Å²) in [7, 11) is 1.23. The molecule has 0 aliphatic rings. The molecule has 0 fully saturated rings. The van der Waals surface area contributed by atoms with Crippen LogP contribution in [0.5, 0.6) is 0 Å².